The van der Waals surface area contributed by atoms with Crippen LogP contribution < -0.4 is 0 Å². The molecular weight excluding hydrogens is 298 g/mol. The summed E-state index contributed by atoms with van der Waals surface area (Å²) in [6.45, 7) is 13.9. The number of hydrogen-bond donors (Lipinski definition) is 0. The van der Waals surface area contributed by atoms with E-state index in [0.29, 0.717) is 6.42 Å². The second-order valence-electron chi connectivity index (χ2n) is 7.69. The molecule has 130 valence electrons. The molecule has 0 aromatic heterocycles. The lowest BCUT2D eigenvalue weighted by Crippen LogP contribution is -2.47. The maximum absolute atomic E-state index is 12.5. The Hall–Kier alpha value is -1.85. The number of hydrogen-bond acceptors (Lipinski definition) is 5. The Morgan fingerprint density at radius 2 is 1.70 bits per heavy atom. The minimum absolute atomic E-state index is 0.221. The van der Waals surface area contributed by atoms with E-state index in [0.717, 1.165) is 4.90 Å². The average molecular weight is 325 g/mol. The van der Waals surface area contributed by atoms with Crippen molar-refractivity contribution in [3.8, 4) is 0 Å². The van der Waals surface area contributed by atoms with E-state index in [1.165, 1.54) is 0 Å². The first-order valence-electron chi connectivity index (χ1n) is 7.75. The number of allylic oxidation sites excluding steroid dienone is 1. The van der Waals surface area contributed by atoms with Gasteiger partial charge in [0.15, 0.2) is 0 Å². The van der Waals surface area contributed by atoms with Crippen LogP contribution in [0.5, 0.6) is 0 Å². The molecule has 0 bridgehead atoms. The highest BCUT2D eigenvalue weighted by atomic mass is 16.6. The number of carbonyl (C=O) groups excluding carboxylic acids is 3. The van der Waals surface area contributed by atoms with Gasteiger partial charge in [-0.05, 0) is 54.4 Å². The number of imide groups is 1. The van der Waals surface area contributed by atoms with Gasteiger partial charge in [-0.3, -0.25) is 4.79 Å². The zero-order valence-electron chi connectivity index (χ0n) is 14.8. The zero-order chi connectivity index (χ0) is 18.0. The Balaban J connectivity index is 3.03. The van der Waals surface area contributed by atoms with Gasteiger partial charge in [-0.25, -0.2) is 14.5 Å². The highest BCUT2D eigenvalue weighted by Crippen LogP contribution is 2.31. The monoisotopic (exact) mass is 325 g/mol. The third-order valence-electron chi connectivity index (χ3n) is 3.13. The molecule has 0 aromatic carbocycles. The van der Waals surface area contributed by atoms with E-state index >= 15 is 0 Å². The zero-order valence-corrected chi connectivity index (χ0v) is 14.8. The van der Waals surface area contributed by atoms with Crippen LogP contribution in [0.4, 0.5) is 4.79 Å². The molecule has 2 amide bonds. The van der Waals surface area contributed by atoms with Gasteiger partial charge in [-0.2, -0.15) is 0 Å². The SMILES string of the molecule is C=CC[C@H]1C[C@@H](C(=O)OC(C)(C)C)N(C(=O)OC(C)(C)C)C1=O. The van der Waals surface area contributed by atoms with Crippen LogP contribution in [-0.4, -0.2) is 40.1 Å². The van der Waals surface area contributed by atoms with E-state index in [1.807, 2.05) is 0 Å². The lowest BCUT2D eigenvalue weighted by molar-refractivity contribution is -0.161. The van der Waals surface area contributed by atoms with Gasteiger partial charge in [0.2, 0.25) is 5.91 Å². The Labute approximate surface area is 137 Å². The summed E-state index contributed by atoms with van der Waals surface area (Å²) in [5.41, 5.74) is -1.46. The van der Waals surface area contributed by atoms with E-state index in [9.17, 15) is 14.4 Å². The quantitative estimate of drug-likeness (QED) is 0.589. The summed E-state index contributed by atoms with van der Waals surface area (Å²) in [6.07, 6.45) is 1.41. The Bertz CT molecular complexity index is 498. The van der Waals surface area contributed by atoms with Crippen LogP contribution in [0.2, 0.25) is 0 Å². The lowest BCUT2D eigenvalue weighted by atomic mass is 10.0. The topological polar surface area (TPSA) is 72.9 Å². The molecule has 0 aliphatic carbocycles. The molecule has 0 aromatic rings. The molecule has 0 N–H and O–H groups in total. The molecule has 6 heteroatoms. The molecule has 0 unspecified atom stereocenters. The van der Waals surface area contributed by atoms with Gasteiger partial charge in [-0.1, -0.05) is 6.08 Å². The fourth-order valence-electron chi connectivity index (χ4n) is 2.32. The third kappa shape index (κ3) is 5.37. The summed E-state index contributed by atoms with van der Waals surface area (Å²) in [5.74, 6) is -1.48. The van der Waals surface area contributed by atoms with Crippen LogP contribution in [0.1, 0.15) is 54.4 Å². The van der Waals surface area contributed by atoms with E-state index in [4.69, 9.17) is 9.47 Å². The molecular formula is C17H27NO5. The van der Waals surface area contributed by atoms with Crippen molar-refractivity contribution in [3.05, 3.63) is 12.7 Å². The van der Waals surface area contributed by atoms with Gasteiger partial charge in [0, 0.05) is 5.92 Å². The Morgan fingerprint density at radius 3 is 2.13 bits per heavy atom. The van der Waals surface area contributed by atoms with Gasteiger partial charge >= 0.3 is 12.1 Å². The third-order valence-corrected chi connectivity index (χ3v) is 3.13. The van der Waals surface area contributed by atoms with Crippen LogP contribution in [0.3, 0.4) is 0 Å². The van der Waals surface area contributed by atoms with Gasteiger partial charge in [0.1, 0.15) is 17.2 Å². The summed E-state index contributed by atoms with van der Waals surface area (Å²) in [5, 5.41) is 0. The predicted octanol–water partition coefficient (Wildman–Crippen LogP) is 3.06. The van der Waals surface area contributed by atoms with Crippen molar-refractivity contribution in [2.45, 2.75) is 71.6 Å². The summed E-state index contributed by atoms with van der Waals surface area (Å²) < 4.78 is 10.6. The highest BCUT2D eigenvalue weighted by molar-refractivity contribution is 6.00. The van der Waals surface area contributed by atoms with Gasteiger partial charge in [-0.15, -0.1) is 6.58 Å². The molecule has 0 spiro atoms. The number of nitrogens with zero attached hydrogens (tertiary/aromatic N) is 1. The minimum atomic E-state index is -0.957. The molecule has 1 saturated heterocycles. The molecule has 1 rings (SSSR count). The first-order chi connectivity index (χ1) is 10.4. The first-order valence-corrected chi connectivity index (χ1v) is 7.75. The van der Waals surface area contributed by atoms with E-state index in [2.05, 4.69) is 6.58 Å². The lowest BCUT2D eigenvalue weighted by Gasteiger charge is -2.28. The summed E-state index contributed by atoms with van der Waals surface area (Å²) >= 11 is 0. The maximum atomic E-state index is 12.5. The van der Waals surface area contributed by atoms with Crippen molar-refractivity contribution < 1.29 is 23.9 Å². The average Bonchev–Trinajstić information content (AvgIpc) is 2.63. The first kappa shape index (κ1) is 19.2. The van der Waals surface area contributed by atoms with Gasteiger partial charge in [0.05, 0.1) is 0 Å². The second kappa shape index (κ2) is 6.72. The Kier molecular flexibility index (Phi) is 5.61. The Morgan fingerprint density at radius 1 is 1.17 bits per heavy atom. The molecule has 1 fully saturated rings. The van der Waals surface area contributed by atoms with Crippen LogP contribution in [0, 0.1) is 5.92 Å². The highest BCUT2D eigenvalue weighted by Gasteiger charge is 2.48. The van der Waals surface area contributed by atoms with Crippen molar-refractivity contribution in [3.63, 3.8) is 0 Å². The van der Waals surface area contributed by atoms with E-state index in [-0.39, 0.29) is 6.42 Å². The van der Waals surface area contributed by atoms with Crippen LogP contribution in [-0.2, 0) is 19.1 Å². The molecule has 0 saturated carbocycles. The van der Waals surface area contributed by atoms with E-state index in [1.54, 1.807) is 47.6 Å². The summed E-state index contributed by atoms with van der Waals surface area (Å²) in [6, 6.07) is -0.957. The number of carbonyl (C=O) groups is 3. The fraction of sp³-hybridized carbons (Fsp3) is 0.706. The maximum Gasteiger partial charge on any atom is 0.417 e. The number of esters is 1. The number of likely N-dealkylation sites (tertiary alicyclic amines) is 1. The van der Waals surface area contributed by atoms with Gasteiger partial charge < -0.3 is 9.47 Å². The fourth-order valence-corrected chi connectivity index (χ4v) is 2.32. The van der Waals surface area contributed by atoms with Crippen LogP contribution >= 0.6 is 0 Å². The summed E-state index contributed by atoms with van der Waals surface area (Å²) in [7, 11) is 0. The molecule has 0 radical (unpaired) electrons. The minimum Gasteiger partial charge on any atom is -0.458 e. The van der Waals surface area contributed by atoms with Crippen LogP contribution in [0.25, 0.3) is 0 Å². The van der Waals surface area contributed by atoms with Crippen molar-refractivity contribution in [1.29, 1.82) is 0 Å². The smallest absolute Gasteiger partial charge is 0.417 e. The van der Waals surface area contributed by atoms with Crippen molar-refractivity contribution >= 4 is 18.0 Å². The molecule has 2 atom stereocenters. The normalized spacial score (nSPS) is 22.0. The van der Waals surface area contributed by atoms with Crippen molar-refractivity contribution in [2.75, 3.05) is 0 Å². The van der Waals surface area contributed by atoms with Gasteiger partial charge in [0.25, 0.3) is 0 Å². The van der Waals surface area contributed by atoms with Crippen molar-refractivity contribution in [1.82, 2.24) is 4.90 Å². The predicted molar refractivity (Wildman–Crippen MR) is 85.6 cm³/mol. The number of rotatable bonds is 3. The van der Waals surface area contributed by atoms with Crippen LogP contribution in [0.15, 0.2) is 12.7 Å². The molecule has 1 heterocycles. The molecule has 1 aliphatic rings. The second-order valence-corrected chi connectivity index (χ2v) is 7.69. The summed E-state index contributed by atoms with van der Waals surface area (Å²) in [4.78, 5) is 38.1. The molecule has 6 nitrogen and oxygen atoms in total. The largest absolute Gasteiger partial charge is 0.458 e. The van der Waals surface area contributed by atoms with E-state index < -0.39 is 41.1 Å². The van der Waals surface area contributed by atoms with Crippen molar-refractivity contribution in [2.24, 2.45) is 5.92 Å². The number of ether oxygens (including phenoxy) is 2. The molecule has 23 heavy (non-hydrogen) atoms. The standard InChI is InChI=1S/C17H27NO5/c1-8-9-11-10-12(14(20)22-16(2,3)4)18(13(11)19)15(21)23-17(5,6)7/h8,11-12H,1,9-10H2,2-7H3/t11-,12-/m0/s1. The number of amides is 2. The molecule has 1 aliphatic heterocycles.